The number of para-hydroxylation sites is 1. The molecule has 148 valence electrons. The number of likely N-dealkylation sites (tertiary alicyclic amines) is 1. The van der Waals surface area contributed by atoms with Crippen molar-refractivity contribution in [2.75, 3.05) is 20.2 Å². The van der Waals surface area contributed by atoms with E-state index >= 15 is 0 Å². The van der Waals surface area contributed by atoms with Crippen molar-refractivity contribution in [3.8, 4) is 11.5 Å². The molecule has 3 aliphatic heterocycles. The number of hydrogen-bond acceptors (Lipinski definition) is 6. The van der Waals surface area contributed by atoms with E-state index in [9.17, 15) is 0 Å². The highest BCUT2D eigenvalue weighted by atomic mass is 32.1. The molecule has 2 aromatic rings. The molecule has 1 aromatic carbocycles. The van der Waals surface area contributed by atoms with Crippen LogP contribution in [0.25, 0.3) is 0 Å². The maximum absolute atomic E-state index is 6.76. The number of piperidine rings is 1. The summed E-state index contributed by atoms with van der Waals surface area (Å²) in [5.74, 6) is 1.74. The van der Waals surface area contributed by atoms with Gasteiger partial charge in [-0.15, -0.1) is 11.3 Å². The van der Waals surface area contributed by atoms with Crippen LogP contribution in [-0.2, 0) is 0 Å². The van der Waals surface area contributed by atoms with Gasteiger partial charge in [-0.05, 0) is 31.4 Å². The second-order valence-corrected chi connectivity index (χ2v) is 9.09. The van der Waals surface area contributed by atoms with Crippen LogP contribution in [0.3, 0.4) is 0 Å². The first-order valence-electron chi connectivity index (χ1n) is 10.1. The molecule has 0 radical (unpaired) electrons. The molecule has 5 rings (SSSR count). The highest BCUT2D eigenvalue weighted by molar-refractivity contribution is 7.12. The van der Waals surface area contributed by atoms with Crippen molar-refractivity contribution < 1.29 is 9.47 Å². The Morgan fingerprint density at radius 1 is 1.21 bits per heavy atom. The van der Waals surface area contributed by atoms with Gasteiger partial charge in [0, 0.05) is 44.0 Å². The monoisotopic (exact) mass is 397 g/mol. The smallest absolute Gasteiger partial charge is 0.200 e. The first-order valence-corrected chi connectivity index (χ1v) is 11.0. The molecule has 1 spiro atoms. The average Bonchev–Trinajstić information content (AvgIpc) is 3.38. The Balaban J connectivity index is 1.57. The lowest BCUT2D eigenvalue weighted by atomic mass is 9.90. The lowest BCUT2D eigenvalue weighted by molar-refractivity contribution is -0.153. The summed E-state index contributed by atoms with van der Waals surface area (Å²) in [6.07, 6.45) is 2.81. The second-order valence-electron chi connectivity index (χ2n) is 8.15. The lowest BCUT2D eigenvalue weighted by Crippen LogP contribution is -2.59. The molecular formula is C22H27N3O2S. The topological polar surface area (TPSA) is 37.3 Å². The molecule has 0 saturated carbocycles. The van der Waals surface area contributed by atoms with Crippen LogP contribution in [0.15, 0.2) is 40.8 Å². The summed E-state index contributed by atoms with van der Waals surface area (Å²) in [7, 11) is 1.72. The third kappa shape index (κ3) is 2.73. The number of rotatable bonds is 3. The second kappa shape index (κ2) is 6.78. The normalized spacial score (nSPS) is 23.4. The zero-order valence-corrected chi connectivity index (χ0v) is 17.5. The molecule has 1 atom stereocenters. The Labute approximate surface area is 170 Å². The summed E-state index contributed by atoms with van der Waals surface area (Å²) in [4.78, 5) is 3.79. The van der Waals surface area contributed by atoms with E-state index in [1.807, 2.05) is 6.07 Å². The van der Waals surface area contributed by atoms with Gasteiger partial charge >= 0.3 is 0 Å². The number of benzene rings is 1. The van der Waals surface area contributed by atoms with Crippen molar-refractivity contribution in [2.24, 2.45) is 5.10 Å². The van der Waals surface area contributed by atoms with Crippen LogP contribution in [0.2, 0.25) is 0 Å². The van der Waals surface area contributed by atoms with E-state index in [1.54, 1.807) is 18.4 Å². The first kappa shape index (κ1) is 18.0. The van der Waals surface area contributed by atoms with E-state index in [0.717, 1.165) is 43.9 Å². The SMILES string of the molecule is COc1cccc2c1OC1(CCN(C(C)C)CC1)N1N=C(c3cccs3)C[C@@H]21. The van der Waals surface area contributed by atoms with E-state index in [0.29, 0.717) is 6.04 Å². The third-order valence-corrected chi connectivity index (χ3v) is 7.24. The van der Waals surface area contributed by atoms with E-state index in [-0.39, 0.29) is 6.04 Å². The lowest BCUT2D eigenvalue weighted by Gasteiger charge is -2.51. The predicted molar refractivity (Wildman–Crippen MR) is 112 cm³/mol. The van der Waals surface area contributed by atoms with Crippen LogP contribution >= 0.6 is 11.3 Å². The van der Waals surface area contributed by atoms with Gasteiger partial charge in [-0.25, -0.2) is 5.01 Å². The summed E-state index contributed by atoms with van der Waals surface area (Å²) in [6, 6.07) is 11.3. The van der Waals surface area contributed by atoms with Crippen molar-refractivity contribution in [1.29, 1.82) is 0 Å². The average molecular weight is 398 g/mol. The Morgan fingerprint density at radius 3 is 2.71 bits per heavy atom. The van der Waals surface area contributed by atoms with Gasteiger partial charge < -0.3 is 14.4 Å². The van der Waals surface area contributed by atoms with Gasteiger partial charge in [0.05, 0.1) is 23.7 Å². The van der Waals surface area contributed by atoms with Crippen molar-refractivity contribution in [3.63, 3.8) is 0 Å². The fourth-order valence-electron chi connectivity index (χ4n) is 4.74. The highest BCUT2D eigenvalue weighted by Gasteiger charge is 2.52. The van der Waals surface area contributed by atoms with E-state index < -0.39 is 5.72 Å². The minimum atomic E-state index is -0.392. The van der Waals surface area contributed by atoms with Crippen LogP contribution in [0.4, 0.5) is 0 Å². The molecule has 28 heavy (non-hydrogen) atoms. The Kier molecular flexibility index (Phi) is 4.36. The molecule has 0 aliphatic carbocycles. The standard InChI is InChI=1S/C22H27N3O2S/c1-15(2)24-11-9-22(10-12-24)25-18(14-17(23-25)20-8-5-13-28-20)16-6-4-7-19(26-3)21(16)27-22/h4-8,13,15,18H,9-12,14H2,1-3H3/t18-/m0/s1. The number of hydrazone groups is 1. The van der Waals surface area contributed by atoms with Crippen LogP contribution in [0.5, 0.6) is 11.5 Å². The van der Waals surface area contributed by atoms with Gasteiger partial charge in [-0.3, -0.25) is 0 Å². The molecular weight excluding hydrogens is 370 g/mol. The largest absolute Gasteiger partial charge is 0.493 e. The zero-order valence-electron chi connectivity index (χ0n) is 16.7. The van der Waals surface area contributed by atoms with Crippen LogP contribution < -0.4 is 9.47 Å². The van der Waals surface area contributed by atoms with Gasteiger partial charge in [-0.2, -0.15) is 5.10 Å². The molecule has 0 N–H and O–H groups in total. The van der Waals surface area contributed by atoms with Crippen LogP contribution in [0, 0.1) is 0 Å². The van der Waals surface area contributed by atoms with E-state index in [1.165, 1.54) is 16.2 Å². The quantitative estimate of drug-likeness (QED) is 0.764. The molecule has 6 heteroatoms. The maximum Gasteiger partial charge on any atom is 0.200 e. The predicted octanol–water partition coefficient (Wildman–Crippen LogP) is 4.50. The number of fused-ring (bicyclic) bond motifs is 4. The maximum atomic E-state index is 6.76. The van der Waals surface area contributed by atoms with Gasteiger partial charge in [0.25, 0.3) is 0 Å². The van der Waals surface area contributed by atoms with Gasteiger partial charge in [-0.1, -0.05) is 18.2 Å². The first-order chi connectivity index (χ1) is 13.6. The van der Waals surface area contributed by atoms with Crippen molar-refractivity contribution >= 4 is 17.0 Å². The fraction of sp³-hybridized carbons (Fsp3) is 0.500. The van der Waals surface area contributed by atoms with Crippen LogP contribution in [0.1, 0.15) is 49.6 Å². The Morgan fingerprint density at radius 2 is 2.04 bits per heavy atom. The number of methoxy groups -OCH3 is 1. The molecule has 1 aromatic heterocycles. The number of thiophene rings is 1. The summed E-state index contributed by atoms with van der Waals surface area (Å²) >= 11 is 1.76. The molecule has 5 nitrogen and oxygen atoms in total. The fourth-order valence-corrected chi connectivity index (χ4v) is 5.46. The van der Waals surface area contributed by atoms with Crippen molar-refractivity contribution in [2.45, 2.75) is 50.9 Å². The van der Waals surface area contributed by atoms with Gasteiger partial charge in [0.2, 0.25) is 5.72 Å². The summed E-state index contributed by atoms with van der Waals surface area (Å²) in [5, 5.41) is 9.53. The summed E-state index contributed by atoms with van der Waals surface area (Å²) in [5.41, 5.74) is 1.97. The Bertz CT molecular complexity index is 885. The molecule has 4 heterocycles. The molecule has 1 fully saturated rings. The number of hydrogen-bond donors (Lipinski definition) is 0. The number of ether oxygens (including phenoxy) is 2. The van der Waals surface area contributed by atoms with Crippen molar-refractivity contribution in [3.05, 3.63) is 46.2 Å². The zero-order chi connectivity index (χ0) is 19.3. The number of nitrogens with zero attached hydrogens (tertiary/aromatic N) is 3. The van der Waals surface area contributed by atoms with Gasteiger partial charge in [0.15, 0.2) is 11.5 Å². The van der Waals surface area contributed by atoms with Crippen LogP contribution in [-0.4, -0.2) is 47.6 Å². The van der Waals surface area contributed by atoms with E-state index in [2.05, 4.69) is 53.4 Å². The van der Waals surface area contributed by atoms with Gasteiger partial charge in [0.1, 0.15) is 0 Å². The molecule has 1 saturated heterocycles. The third-order valence-electron chi connectivity index (χ3n) is 6.32. The molecule has 0 bridgehead atoms. The Hall–Kier alpha value is -2.05. The highest BCUT2D eigenvalue weighted by Crippen LogP contribution is 2.52. The van der Waals surface area contributed by atoms with E-state index in [4.69, 9.17) is 14.6 Å². The minimum absolute atomic E-state index is 0.210. The van der Waals surface area contributed by atoms with Crippen molar-refractivity contribution in [1.82, 2.24) is 9.91 Å². The summed E-state index contributed by atoms with van der Waals surface area (Å²) in [6.45, 7) is 6.58. The minimum Gasteiger partial charge on any atom is -0.493 e. The molecule has 3 aliphatic rings. The summed E-state index contributed by atoms with van der Waals surface area (Å²) < 4.78 is 12.4. The molecule has 0 amide bonds. The molecule has 0 unspecified atom stereocenters.